The summed E-state index contributed by atoms with van der Waals surface area (Å²) < 4.78 is 46.7. The highest BCUT2D eigenvalue weighted by molar-refractivity contribution is 9.13. The van der Waals surface area contributed by atoms with Gasteiger partial charge in [0, 0.05) is 26.6 Å². The monoisotopic (exact) mass is 980 g/mol. The van der Waals surface area contributed by atoms with Crippen LogP contribution in [0.5, 0.6) is 11.5 Å². The van der Waals surface area contributed by atoms with Crippen molar-refractivity contribution in [2.75, 3.05) is 17.4 Å². The molecule has 2 saturated heterocycles. The van der Waals surface area contributed by atoms with Gasteiger partial charge in [0.05, 0.1) is 51.0 Å². The van der Waals surface area contributed by atoms with E-state index in [4.69, 9.17) is 39.5 Å². The third-order valence-corrected chi connectivity index (χ3v) is 14.8. The number of carbonyl (C=O) groups excluding carboxylic acids is 4. The third kappa shape index (κ3) is 6.05. The Morgan fingerprint density at radius 3 is 2.28 bits per heavy atom. The smallest absolute Gasteiger partial charge is 0.417 e. The second kappa shape index (κ2) is 14.5. The van der Waals surface area contributed by atoms with E-state index < -0.39 is 81.2 Å². The lowest BCUT2D eigenvalue weighted by molar-refractivity contribution is -0.139. The number of allylic oxidation sites excluding steroid dienone is 2. The molecule has 3 aromatic carbocycles. The molecule has 0 radical (unpaired) electrons. The molecule has 1 saturated carbocycles. The number of benzene rings is 3. The van der Waals surface area contributed by atoms with Crippen LogP contribution in [-0.2, 0) is 30.8 Å². The van der Waals surface area contributed by atoms with Crippen molar-refractivity contribution in [1.82, 2.24) is 9.99 Å². The normalized spacial score (nSPS) is 25.4. The lowest BCUT2D eigenvalue weighted by atomic mass is 9.49. The molecular weight excluding hydrogens is 956 g/mol. The van der Waals surface area contributed by atoms with Crippen LogP contribution in [-0.4, -0.2) is 45.8 Å². The van der Waals surface area contributed by atoms with E-state index in [1.165, 1.54) is 13.2 Å². The average Bonchev–Trinajstić information content (AvgIpc) is 3.56. The number of halogens is 8. The van der Waals surface area contributed by atoms with Crippen molar-refractivity contribution in [3.05, 3.63) is 119 Å². The van der Waals surface area contributed by atoms with Crippen LogP contribution in [0, 0.1) is 30.6 Å². The summed E-state index contributed by atoms with van der Waals surface area (Å²) in [5.41, 5.74) is 1.98. The first-order valence-corrected chi connectivity index (χ1v) is 20.4. The van der Waals surface area contributed by atoms with E-state index in [0.717, 1.165) is 10.5 Å². The summed E-state index contributed by atoms with van der Waals surface area (Å²) >= 11 is 26.2. The van der Waals surface area contributed by atoms with Gasteiger partial charge in [0.15, 0.2) is 17.3 Å². The molecule has 0 bridgehead atoms. The second-order valence-electron chi connectivity index (χ2n) is 14.5. The molecule has 58 heavy (non-hydrogen) atoms. The van der Waals surface area contributed by atoms with Crippen LogP contribution in [0.4, 0.5) is 24.7 Å². The number of anilines is 2. The fourth-order valence-electron chi connectivity index (χ4n) is 9.08. The Kier molecular flexibility index (Phi) is 10.2. The van der Waals surface area contributed by atoms with Gasteiger partial charge in [-0.05, 0) is 111 Å². The Bertz CT molecular complexity index is 2510. The van der Waals surface area contributed by atoms with E-state index in [2.05, 4.69) is 42.3 Å². The van der Waals surface area contributed by atoms with Crippen molar-refractivity contribution in [3.63, 3.8) is 0 Å². The zero-order valence-corrected chi connectivity index (χ0v) is 35.4. The molecule has 6 atom stereocenters. The number of amides is 4. The number of ether oxygens (including phenoxy) is 1. The fraction of sp³-hybridized carbons (Fsp3) is 0.275. The molecule has 2 aliphatic heterocycles. The maximum atomic E-state index is 15.5. The van der Waals surface area contributed by atoms with Gasteiger partial charge >= 0.3 is 6.18 Å². The number of phenols is 1. The Morgan fingerprint density at radius 2 is 1.64 bits per heavy atom. The van der Waals surface area contributed by atoms with Crippen LogP contribution in [0.2, 0.25) is 15.1 Å². The lowest BCUT2D eigenvalue weighted by Gasteiger charge is -2.51. The van der Waals surface area contributed by atoms with Crippen LogP contribution in [0.25, 0.3) is 0 Å². The Morgan fingerprint density at radius 1 is 0.931 bits per heavy atom. The second-order valence-corrected chi connectivity index (χ2v) is 17.3. The first-order valence-electron chi connectivity index (χ1n) is 17.6. The zero-order chi connectivity index (χ0) is 41.7. The molecule has 300 valence electrons. The van der Waals surface area contributed by atoms with E-state index in [-0.39, 0.29) is 28.8 Å². The Labute approximate surface area is 360 Å². The zero-order valence-electron chi connectivity index (χ0n) is 30.0. The van der Waals surface area contributed by atoms with E-state index in [1.807, 2.05) is 6.08 Å². The number of imide groups is 2. The van der Waals surface area contributed by atoms with Gasteiger partial charge in [-0.25, -0.2) is 9.88 Å². The number of methoxy groups -OCH3 is 1. The molecule has 2 aliphatic carbocycles. The van der Waals surface area contributed by atoms with Crippen molar-refractivity contribution in [2.24, 2.45) is 23.7 Å². The van der Waals surface area contributed by atoms with Crippen LogP contribution in [0.3, 0.4) is 0 Å². The number of hydrazine groups is 1. The minimum atomic E-state index is -4.77. The van der Waals surface area contributed by atoms with Crippen LogP contribution in [0.1, 0.15) is 41.0 Å². The molecule has 3 heterocycles. The van der Waals surface area contributed by atoms with Gasteiger partial charge in [-0.3, -0.25) is 24.6 Å². The molecule has 6 unspecified atom stereocenters. The number of phenolic OH excluding ortho intramolecular Hbond substituents is 1. The number of aromatic hydroxyl groups is 1. The molecule has 1 aromatic heterocycles. The summed E-state index contributed by atoms with van der Waals surface area (Å²) in [5.74, 6) is -8.09. The molecule has 4 aromatic rings. The van der Waals surface area contributed by atoms with Gasteiger partial charge in [0.2, 0.25) is 11.8 Å². The summed E-state index contributed by atoms with van der Waals surface area (Å²) in [6, 6.07) is 13.4. The highest BCUT2D eigenvalue weighted by atomic mass is 79.9. The van der Waals surface area contributed by atoms with Gasteiger partial charge in [0.1, 0.15) is 0 Å². The molecule has 2 N–H and O–H groups in total. The van der Waals surface area contributed by atoms with E-state index >= 15 is 4.79 Å². The number of nitrogens with zero attached hydrogens (tertiary/aromatic N) is 3. The summed E-state index contributed by atoms with van der Waals surface area (Å²) in [6.07, 6.45) is -2.40. The van der Waals surface area contributed by atoms with Crippen molar-refractivity contribution in [1.29, 1.82) is 0 Å². The van der Waals surface area contributed by atoms with E-state index in [1.54, 1.807) is 49.4 Å². The number of rotatable bonds is 6. The van der Waals surface area contributed by atoms with Crippen molar-refractivity contribution in [2.45, 2.75) is 37.3 Å². The first-order chi connectivity index (χ1) is 27.4. The van der Waals surface area contributed by atoms with Gasteiger partial charge in [0.25, 0.3) is 11.8 Å². The molecule has 3 fully saturated rings. The largest absolute Gasteiger partial charge is 0.503 e. The fourth-order valence-corrected chi connectivity index (χ4v) is 10.5. The van der Waals surface area contributed by atoms with Crippen molar-refractivity contribution < 1.29 is 42.2 Å². The summed E-state index contributed by atoms with van der Waals surface area (Å²) in [6.45, 7) is 1.79. The van der Waals surface area contributed by atoms with Crippen LogP contribution >= 0.6 is 66.7 Å². The highest BCUT2D eigenvalue weighted by Gasteiger charge is 2.71. The number of alkyl halides is 3. The van der Waals surface area contributed by atoms with Crippen molar-refractivity contribution in [3.8, 4) is 11.5 Å². The number of hydrogen-bond donors (Lipinski definition) is 2. The Hall–Kier alpha value is -4.15. The highest BCUT2D eigenvalue weighted by Crippen LogP contribution is 2.66. The minimum Gasteiger partial charge on any atom is -0.503 e. The molecule has 8 rings (SSSR count). The van der Waals surface area contributed by atoms with Crippen LogP contribution < -0.4 is 15.1 Å². The quantitative estimate of drug-likeness (QED) is 0.144. The molecule has 4 aliphatic rings. The molecule has 10 nitrogen and oxygen atoms in total. The predicted octanol–water partition coefficient (Wildman–Crippen LogP) is 9.80. The maximum Gasteiger partial charge on any atom is 0.417 e. The number of hydrogen-bond acceptors (Lipinski definition) is 8. The maximum absolute atomic E-state index is 15.5. The minimum absolute atomic E-state index is 0.0197. The number of carbonyl (C=O) groups is 4. The van der Waals surface area contributed by atoms with E-state index in [9.17, 15) is 32.7 Å². The van der Waals surface area contributed by atoms with Gasteiger partial charge in [-0.15, -0.1) is 0 Å². The van der Waals surface area contributed by atoms with Gasteiger partial charge in [-0.1, -0.05) is 64.7 Å². The SMILES string of the molecule is COc1cc(C2C3=CCC4C(=O)N(c5ccc(C)c(Cl)c5)C(=O)C4C3CC3C(=O)N(Nc4ncc(C(F)(F)F)cc4Cl)C(=O)C32c2ccc(Cl)cc2)c(Br)c(Br)c1O. The topological polar surface area (TPSA) is 129 Å². The average molecular weight is 984 g/mol. The number of aromatic nitrogens is 1. The number of pyridine rings is 1. The summed E-state index contributed by atoms with van der Waals surface area (Å²) in [5, 5.41) is 11.9. The number of aryl methyl sites for hydroxylation is 1. The third-order valence-electron chi connectivity index (χ3n) is 11.7. The Balaban J connectivity index is 1.35. The standard InChI is InChI=1S/C40H28Br2Cl3F3N4O6/c1-16-3-8-20(12-26(16)44)51-35(54)22-10-9-21-23(29(22)37(51)56)13-25-36(55)52(50-34-27(45)11-18(15-49-34)40(46,47)48)38(57)39(25,17-4-6-19(43)7-5-17)30(21)24-14-28(58-2)33(53)32(42)31(24)41/h3-9,11-12,14-15,22-23,25,29-30,53H,10,13H2,1-2H3,(H,49,50). The van der Waals surface area contributed by atoms with Crippen molar-refractivity contribution >= 4 is 102 Å². The lowest BCUT2D eigenvalue weighted by Crippen LogP contribution is -2.53. The van der Waals surface area contributed by atoms with E-state index in [0.29, 0.717) is 54.2 Å². The molecule has 4 amide bonds. The predicted molar refractivity (Wildman–Crippen MR) is 216 cm³/mol. The summed E-state index contributed by atoms with van der Waals surface area (Å²) in [4.78, 5) is 64.3. The molecule has 18 heteroatoms. The van der Waals surface area contributed by atoms with Crippen LogP contribution in [0.15, 0.2) is 81.4 Å². The number of nitrogens with one attached hydrogen (secondary N) is 1. The first kappa shape index (κ1) is 40.6. The molecule has 0 spiro atoms. The van der Waals surface area contributed by atoms with Gasteiger partial charge < -0.3 is 9.84 Å². The van der Waals surface area contributed by atoms with Gasteiger partial charge in [-0.2, -0.15) is 18.2 Å². The summed E-state index contributed by atoms with van der Waals surface area (Å²) in [7, 11) is 1.34. The molecular formula is C40H28Br2Cl3F3N4O6. The number of fused-ring (bicyclic) bond motifs is 4.